The number of unbranched alkanes of at least 4 members (excludes halogenated alkanes) is 25. The van der Waals surface area contributed by atoms with Gasteiger partial charge in [-0.3, -0.25) is 9.59 Å². The standard InChI is InChI=1S/C53H97NO10/c1-4-7-10-13-16-19-22-25-27-30-33-36-39-45(56)44(54-52(61)46(57)40-37-34-31-28-26-23-20-17-14-11-8-5-2)43-62-53-51(50(60)49(59)47(42-55)63-53)64-48(58)41-38-35-32-29-24-21-18-15-12-9-6-3/h15,18,26,28,36,39,44-47,49-51,53,55-57,59-60H,4-14,16-17,19-25,27,29-35,37-38,40-43H2,1-3H3,(H,54,61)/b18-15-,28-26-,39-36+. The SMILES string of the molecule is CCCC/C=C\CCCCCCCC(=O)OC1C(OCC(NC(=O)C(O)CCCC/C=C\CCCCCCCC)C(O)/C=C/CCCCCCCCCCCC)OC(CO)C(O)C1O. The second kappa shape index (κ2) is 42.2. The average molecular weight is 908 g/mol. The van der Waals surface area contributed by atoms with Gasteiger partial charge in [-0.1, -0.05) is 186 Å². The summed E-state index contributed by atoms with van der Waals surface area (Å²) < 4.78 is 17.5. The van der Waals surface area contributed by atoms with Gasteiger partial charge in [-0.25, -0.2) is 0 Å². The molecule has 0 aromatic heterocycles. The molecule has 1 fully saturated rings. The van der Waals surface area contributed by atoms with Gasteiger partial charge in [0.25, 0.3) is 0 Å². The number of allylic oxidation sites excluding steroid dienone is 5. The lowest BCUT2D eigenvalue weighted by Crippen LogP contribution is -2.61. The summed E-state index contributed by atoms with van der Waals surface area (Å²) in [6, 6.07) is -1.03. The minimum Gasteiger partial charge on any atom is -0.454 e. The molecular formula is C53H97NO10. The molecule has 0 aromatic rings. The number of rotatable bonds is 43. The molecule has 11 heteroatoms. The average Bonchev–Trinajstić information content (AvgIpc) is 3.29. The molecule has 0 spiro atoms. The molecule has 1 aliphatic heterocycles. The predicted molar refractivity (Wildman–Crippen MR) is 260 cm³/mol. The zero-order valence-electron chi connectivity index (χ0n) is 40.9. The molecule has 1 amide bonds. The number of hydrogen-bond acceptors (Lipinski definition) is 10. The van der Waals surface area contributed by atoms with Crippen molar-refractivity contribution in [1.82, 2.24) is 5.32 Å². The number of carbonyl (C=O) groups is 2. The Hall–Kier alpha value is -2.12. The van der Waals surface area contributed by atoms with Crippen LogP contribution in [0.2, 0.25) is 0 Å². The first-order chi connectivity index (χ1) is 31.2. The summed E-state index contributed by atoms with van der Waals surface area (Å²) in [5.41, 5.74) is 0. The fraction of sp³-hybridized carbons (Fsp3) is 0.849. The van der Waals surface area contributed by atoms with Gasteiger partial charge in [0.1, 0.15) is 24.4 Å². The third-order valence-corrected chi connectivity index (χ3v) is 12.3. The lowest BCUT2D eigenvalue weighted by molar-refractivity contribution is -0.305. The molecule has 1 rings (SSSR count). The Bertz CT molecular complexity index is 1180. The summed E-state index contributed by atoms with van der Waals surface area (Å²) in [5.74, 6) is -1.22. The Labute approximate surface area is 390 Å². The van der Waals surface area contributed by atoms with Gasteiger partial charge in [0, 0.05) is 6.42 Å². The maximum Gasteiger partial charge on any atom is 0.306 e. The van der Waals surface area contributed by atoms with E-state index in [0.29, 0.717) is 12.8 Å². The summed E-state index contributed by atoms with van der Waals surface area (Å²) in [6.45, 7) is 5.69. The van der Waals surface area contributed by atoms with Crippen molar-refractivity contribution in [1.29, 1.82) is 0 Å². The Morgan fingerprint density at radius 2 is 1.05 bits per heavy atom. The van der Waals surface area contributed by atoms with Crippen molar-refractivity contribution in [2.24, 2.45) is 0 Å². The van der Waals surface area contributed by atoms with Crippen LogP contribution in [0.4, 0.5) is 0 Å². The molecule has 0 saturated carbocycles. The monoisotopic (exact) mass is 908 g/mol. The highest BCUT2D eigenvalue weighted by atomic mass is 16.7. The van der Waals surface area contributed by atoms with Crippen LogP contribution < -0.4 is 5.32 Å². The predicted octanol–water partition coefficient (Wildman–Crippen LogP) is 10.8. The first-order valence-electron chi connectivity index (χ1n) is 26.3. The molecule has 8 atom stereocenters. The lowest BCUT2D eigenvalue weighted by Gasteiger charge is -2.41. The van der Waals surface area contributed by atoms with Crippen LogP contribution in [-0.4, -0.2) is 99.6 Å². The largest absolute Gasteiger partial charge is 0.454 e. The van der Waals surface area contributed by atoms with Crippen molar-refractivity contribution >= 4 is 11.9 Å². The summed E-state index contributed by atoms with van der Waals surface area (Å²) in [4.78, 5) is 26.3. The molecule has 0 aliphatic carbocycles. The Morgan fingerprint density at radius 3 is 1.56 bits per heavy atom. The Morgan fingerprint density at radius 1 is 0.594 bits per heavy atom. The maximum atomic E-state index is 13.3. The number of aliphatic hydroxyl groups is 5. The van der Waals surface area contributed by atoms with Crippen LogP contribution in [0.5, 0.6) is 0 Å². The summed E-state index contributed by atoms with van der Waals surface area (Å²) in [7, 11) is 0. The van der Waals surface area contributed by atoms with E-state index in [-0.39, 0.29) is 19.4 Å². The van der Waals surface area contributed by atoms with Gasteiger partial charge in [0.15, 0.2) is 12.4 Å². The molecule has 1 saturated heterocycles. The van der Waals surface area contributed by atoms with Crippen molar-refractivity contribution in [3.05, 3.63) is 36.5 Å². The number of amides is 1. The van der Waals surface area contributed by atoms with E-state index in [1.807, 2.05) is 6.08 Å². The number of esters is 1. The Balaban J connectivity index is 2.81. The van der Waals surface area contributed by atoms with Crippen molar-refractivity contribution in [3.63, 3.8) is 0 Å². The van der Waals surface area contributed by atoms with Crippen LogP contribution in [0.3, 0.4) is 0 Å². The molecule has 11 nitrogen and oxygen atoms in total. The van der Waals surface area contributed by atoms with E-state index in [4.69, 9.17) is 14.2 Å². The number of hydrogen-bond donors (Lipinski definition) is 6. The number of aliphatic hydroxyl groups excluding tert-OH is 5. The van der Waals surface area contributed by atoms with Gasteiger partial charge >= 0.3 is 5.97 Å². The second-order valence-electron chi connectivity index (χ2n) is 18.2. The summed E-state index contributed by atoms with van der Waals surface area (Å²) >= 11 is 0. The number of nitrogens with one attached hydrogen (secondary N) is 1. The molecular weight excluding hydrogens is 811 g/mol. The minimum absolute atomic E-state index is 0.112. The molecule has 1 aliphatic rings. The molecule has 374 valence electrons. The van der Waals surface area contributed by atoms with Gasteiger partial charge in [-0.05, 0) is 70.6 Å². The topological polar surface area (TPSA) is 175 Å². The molecule has 8 unspecified atom stereocenters. The zero-order valence-corrected chi connectivity index (χ0v) is 40.9. The smallest absolute Gasteiger partial charge is 0.306 e. The van der Waals surface area contributed by atoms with Crippen LogP contribution in [0, 0.1) is 0 Å². The van der Waals surface area contributed by atoms with Gasteiger partial charge in [0.05, 0.1) is 25.4 Å². The highest BCUT2D eigenvalue weighted by Gasteiger charge is 2.47. The zero-order chi connectivity index (χ0) is 46.9. The van der Waals surface area contributed by atoms with Gasteiger partial charge in [0.2, 0.25) is 5.91 Å². The first-order valence-corrected chi connectivity index (χ1v) is 26.3. The van der Waals surface area contributed by atoms with Crippen molar-refractivity contribution in [2.45, 2.75) is 275 Å². The van der Waals surface area contributed by atoms with Gasteiger partial charge in [-0.2, -0.15) is 0 Å². The van der Waals surface area contributed by atoms with Gasteiger partial charge < -0.3 is 45.1 Å². The molecule has 1 heterocycles. The Kier molecular flexibility index (Phi) is 39.5. The van der Waals surface area contributed by atoms with E-state index in [1.54, 1.807) is 6.08 Å². The van der Waals surface area contributed by atoms with Crippen LogP contribution in [0.15, 0.2) is 36.5 Å². The molecule has 6 N–H and O–H groups in total. The molecule has 0 aromatic carbocycles. The fourth-order valence-corrected chi connectivity index (χ4v) is 7.98. The number of carbonyl (C=O) groups excluding carboxylic acids is 2. The van der Waals surface area contributed by atoms with E-state index >= 15 is 0 Å². The van der Waals surface area contributed by atoms with Crippen LogP contribution >= 0.6 is 0 Å². The highest BCUT2D eigenvalue weighted by Crippen LogP contribution is 2.26. The lowest BCUT2D eigenvalue weighted by atomic mass is 9.99. The van der Waals surface area contributed by atoms with E-state index in [1.165, 1.54) is 103 Å². The van der Waals surface area contributed by atoms with E-state index in [0.717, 1.165) is 77.0 Å². The second-order valence-corrected chi connectivity index (χ2v) is 18.2. The highest BCUT2D eigenvalue weighted by molar-refractivity contribution is 5.80. The van der Waals surface area contributed by atoms with Crippen molar-refractivity contribution in [3.8, 4) is 0 Å². The maximum absolute atomic E-state index is 13.3. The third kappa shape index (κ3) is 31.0. The van der Waals surface area contributed by atoms with E-state index < -0.39 is 67.4 Å². The quantitative estimate of drug-likeness (QED) is 0.0196. The van der Waals surface area contributed by atoms with E-state index in [2.05, 4.69) is 50.4 Å². The summed E-state index contributed by atoms with van der Waals surface area (Å²) in [5, 5.41) is 56.5. The minimum atomic E-state index is -1.61. The molecule has 64 heavy (non-hydrogen) atoms. The van der Waals surface area contributed by atoms with Crippen LogP contribution in [0.25, 0.3) is 0 Å². The van der Waals surface area contributed by atoms with Crippen molar-refractivity contribution < 1.29 is 49.3 Å². The van der Waals surface area contributed by atoms with Crippen LogP contribution in [0.1, 0.15) is 226 Å². The normalized spacial score (nSPS) is 20.7. The van der Waals surface area contributed by atoms with Gasteiger partial charge in [-0.15, -0.1) is 0 Å². The number of ether oxygens (including phenoxy) is 3. The van der Waals surface area contributed by atoms with Crippen molar-refractivity contribution in [2.75, 3.05) is 13.2 Å². The van der Waals surface area contributed by atoms with Crippen LogP contribution in [-0.2, 0) is 23.8 Å². The molecule has 0 bridgehead atoms. The third-order valence-electron chi connectivity index (χ3n) is 12.3. The van der Waals surface area contributed by atoms with E-state index in [9.17, 15) is 35.1 Å². The summed E-state index contributed by atoms with van der Waals surface area (Å²) in [6.07, 6.45) is 36.3. The fourth-order valence-electron chi connectivity index (χ4n) is 7.98. The first kappa shape index (κ1) is 59.9. The molecule has 0 radical (unpaired) electrons.